The fourth-order valence-corrected chi connectivity index (χ4v) is 0.925. The molecule has 1 N–H and O–H groups in total. The Hall–Kier alpha value is -1.16. The Kier molecular flexibility index (Phi) is 2.05. The van der Waals surface area contributed by atoms with E-state index in [9.17, 15) is 4.79 Å². The Morgan fingerprint density at radius 1 is 1.64 bits per heavy atom. The molecule has 0 saturated heterocycles. The predicted molar refractivity (Wildman–Crippen MR) is 42.5 cm³/mol. The van der Waals surface area contributed by atoms with Gasteiger partial charge in [-0.15, -0.1) is 0 Å². The summed E-state index contributed by atoms with van der Waals surface area (Å²) in [6.07, 6.45) is 0. The first-order chi connectivity index (χ1) is 5.13. The van der Waals surface area contributed by atoms with Crippen LogP contribution in [0.4, 0.5) is 0 Å². The van der Waals surface area contributed by atoms with Crippen LogP contribution in [0.25, 0.3) is 0 Å². The Balaban J connectivity index is 3.39. The molecule has 1 heterocycles. The number of carbonyl (C=O) groups is 1. The molecule has 1 aromatic rings. The molecule has 0 radical (unpaired) electrons. The molecule has 1 aromatic heterocycles. The second-order valence-electron chi connectivity index (χ2n) is 2.12. The number of aromatic nitrogens is 1. The molecule has 0 unspecified atom stereocenters. The standard InChI is InChI=1S/C7H7NO2S/c1-5(9)6-3-2-4-7(11)8(6)10/h2-4,10H,1H3. The maximum Gasteiger partial charge on any atom is 0.179 e. The minimum atomic E-state index is -0.209. The molecule has 0 saturated carbocycles. The fraction of sp³-hybridized carbons (Fsp3) is 0.143. The summed E-state index contributed by atoms with van der Waals surface area (Å²) < 4.78 is 0.940. The summed E-state index contributed by atoms with van der Waals surface area (Å²) in [6.45, 7) is 1.37. The van der Waals surface area contributed by atoms with Crippen LogP contribution in [-0.2, 0) is 0 Å². The van der Waals surface area contributed by atoms with Gasteiger partial charge in [0.05, 0.1) is 0 Å². The highest BCUT2D eigenvalue weighted by atomic mass is 32.1. The molecule has 0 aliphatic rings. The van der Waals surface area contributed by atoms with E-state index >= 15 is 0 Å². The summed E-state index contributed by atoms with van der Waals surface area (Å²) in [6, 6.07) is 4.69. The largest absolute Gasteiger partial charge is 0.427 e. The van der Waals surface area contributed by atoms with Crippen molar-refractivity contribution < 1.29 is 10.0 Å². The van der Waals surface area contributed by atoms with Gasteiger partial charge in [0, 0.05) is 6.92 Å². The predicted octanol–water partition coefficient (Wildman–Crippen LogP) is 1.66. The molecule has 0 fully saturated rings. The van der Waals surface area contributed by atoms with Crippen LogP contribution in [0.2, 0.25) is 0 Å². The van der Waals surface area contributed by atoms with Crippen molar-refractivity contribution in [2.45, 2.75) is 6.92 Å². The van der Waals surface area contributed by atoms with Crippen LogP contribution in [0, 0.1) is 4.64 Å². The van der Waals surface area contributed by atoms with Gasteiger partial charge in [0.25, 0.3) is 0 Å². The Morgan fingerprint density at radius 3 is 2.73 bits per heavy atom. The summed E-state index contributed by atoms with van der Waals surface area (Å²) in [5.41, 5.74) is 0.206. The molecule has 0 atom stereocenters. The van der Waals surface area contributed by atoms with Crippen molar-refractivity contribution in [2.75, 3.05) is 0 Å². The molecule has 4 heteroatoms. The zero-order valence-electron chi connectivity index (χ0n) is 5.94. The number of Topliss-reactive ketones (excluding diaryl/α,β-unsaturated/α-hetero) is 1. The molecule has 0 amide bonds. The second-order valence-corrected chi connectivity index (χ2v) is 2.54. The quantitative estimate of drug-likeness (QED) is 0.395. The SMILES string of the molecule is CC(=O)c1cccc(=S)n1O. The number of hydrogen-bond acceptors (Lipinski definition) is 3. The monoisotopic (exact) mass is 169 g/mol. The molecule has 58 valence electrons. The third kappa shape index (κ3) is 1.46. The van der Waals surface area contributed by atoms with Gasteiger partial charge in [-0.05, 0) is 12.1 Å². The van der Waals surface area contributed by atoms with E-state index in [4.69, 9.17) is 17.4 Å². The fourth-order valence-electron chi connectivity index (χ4n) is 0.748. The van der Waals surface area contributed by atoms with Gasteiger partial charge >= 0.3 is 0 Å². The maximum atomic E-state index is 10.8. The lowest BCUT2D eigenvalue weighted by Crippen LogP contribution is -2.06. The number of pyridine rings is 1. The van der Waals surface area contributed by atoms with E-state index in [1.807, 2.05) is 0 Å². The van der Waals surface area contributed by atoms with Crippen molar-refractivity contribution in [3.63, 3.8) is 0 Å². The van der Waals surface area contributed by atoms with Crippen molar-refractivity contribution in [3.8, 4) is 0 Å². The number of nitrogens with zero attached hydrogens (tertiary/aromatic N) is 1. The number of carbonyl (C=O) groups excluding carboxylic acids is 1. The third-order valence-corrected chi connectivity index (χ3v) is 1.60. The van der Waals surface area contributed by atoms with Crippen molar-refractivity contribution in [2.24, 2.45) is 0 Å². The van der Waals surface area contributed by atoms with Gasteiger partial charge in [0.2, 0.25) is 0 Å². The molecule has 11 heavy (non-hydrogen) atoms. The lowest BCUT2D eigenvalue weighted by atomic mass is 10.3. The first-order valence-corrected chi connectivity index (χ1v) is 3.46. The van der Waals surface area contributed by atoms with E-state index in [0.29, 0.717) is 4.73 Å². The van der Waals surface area contributed by atoms with Crippen molar-refractivity contribution in [3.05, 3.63) is 28.5 Å². The molecule has 3 nitrogen and oxygen atoms in total. The lowest BCUT2D eigenvalue weighted by molar-refractivity contribution is 0.0956. The summed E-state index contributed by atoms with van der Waals surface area (Å²) in [4.78, 5) is 10.8. The molecule has 0 aliphatic heterocycles. The van der Waals surface area contributed by atoms with E-state index in [0.717, 1.165) is 0 Å². The summed E-state index contributed by atoms with van der Waals surface area (Å²) in [5.74, 6) is -0.209. The Morgan fingerprint density at radius 2 is 2.27 bits per heavy atom. The van der Waals surface area contributed by atoms with Crippen molar-refractivity contribution in [1.29, 1.82) is 0 Å². The third-order valence-electron chi connectivity index (χ3n) is 1.29. The van der Waals surface area contributed by atoms with Crippen molar-refractivity contribution >= 4 is 18.0 Å². The summed E-state index contributed by atoms with van der Waals surface area (Å²) >= 11 is 4.72. The van der Waals surface area contributed by atoms with Gasteiger partial charge in [0.1, 0.15) is 10.3 Å². The van der Waals surface area contributed by atoms with Crippen LogP contribution in [0.3, 0.4) is 0 Å². The molecule has 0 spiro atoms. The number of ketones is 1. The molecule has 0 bridgehead atoms. The topological polar surface area (TPSA) is 42.2 Å². The first-order valence-electron chi connectivity index (χ1n) is 3.05. The Bertz CT molecular complexity index is 343. The van der Waals surface area contributed by atoms with Crippen LogP contribution in [0.15, 0.2) is 18.2 Å². The highest BCUT2D eigenvalue weighted by molar-refractivity contribution is 7.71. The highest BCUT2D eigenvalue weighted by Crippen LogP contribution is 2.00. The van der Waals surface area contributed by atoms with Gasteiger partial charge in [-0.3, -0.25) is 4.79 Å². The smallest absolute Gasteiger partial charge is 0.179 e. The molecule has 0 aliphatic carbocycles. The van der Waals surface area contributed by atoms with E-state index < -0.39 is 0 Å². The van der Waals surface area contributed by atoms with E-state index in [-0.39, 0.29) is 16.1 Å². The van der Waals surface area contributed by atoms with Gasteiger partial charge in [-0.1, -0.05) is 18.3 Å². The maximum absolute atomic E-state index is 10.8. The zero-order valence-corrected chi connectivity index (χ0v) is 6.76. The normalized spacial score (nSPS) is 9.55. The Labute approximate surface area is 68.9 Å². The van der Waals surface area contributed by atoms with Crippen LogP contribution in [0.5, 0.6) is 0 Å². The van der Waals surface area contributed by atoms with Crippen LogP contribution in [0.1, 0.15) is 17.4 Å². The molecular weight excluding hydrogens is 162 g/mol. The number of hydrogen-bond donors (Lipinski definition) is 1. The van der Waals surface area contributed by atoms with Crippen molar-refractivity contribution in [1.82, 2.24) is 4.73 Å². The van der Waals surface area contributed by atoms with Crippen LogP contribution >= 0.6 is 12.2 Å². The average Bonchev–Trinajstić information content (AvgIpc) is 1.94. The molecular formula is C7H7NO2S. The molecule has 0 aromatic carbocycles. The second kappa shape index (κ2) is 2.84. The number of rotatable bonds is 1. The van der Waals surface area contributed by atoms with Crippen LogP contribution < -0.4 is 0 Å². The molecule has 1 rings (SSSR count). The minimum absolute atomic E-state index is 0.206. The average molecular weight is 169 g/mol. The summed E-state index contributed by atoms with van der Waals surface area (Å²) in [7, 11) is 0. The van der Waals surface area contributed by atoms with Gasteiger partial charge in [0.15, 0.2) is 5.78 Å². The first kappa shape index (κ1) is 7.94. The highest BCUT2D eigenvalue weighted by Gasteiger charge is 2.02. The van der Waals surface area contributed by atoms with Gasteiger partial charge < -0.3 is 5.21 Å². The lowest BCUT2D eigenvalue weighted by Gasteiger charge is -2.01. The summed E-state index contributed by atoms with van der Waals surface area (Å²) in [5, 5.41) is 9.16. The zero-order chi connectivity index (χ0) is 8.43. The van der Waals surface area contributed by atoms with Gasteiger partial charge in [-0.25, -0.2) is 0 Å². The van der Waals surface area contributed by atoms with E-state index in [2.05, 4.69) is 0 Å². The minimum Gasteiger partial charge on any atom is -0.427 e. The van der Waals surface area contributed by atoms with E-state index in [1.54, 1.807) is 12.1 Å². The van der Waals surface area contributed by atoms with E-state index in [1.165, 1.54) is 13.0 Å². The van der Waals surface area contributed by atoms with Crippen LogP contribution in [-0.4, -0.2) is 15.7 Å². The van der Waals surface area contributed by atoms with Gasteiger partial charge in [-0.2, -0.15) is 4.73 Å².